The van der Waals surface area contributed by atoms with Gasteiger partial charge in [-0.3, -0.25) is 4.79 Å². The molecule has 2 N–H and O–H groups in total. The van der Waals surface area contributed by atoms with E-state index in [1.54, 1.807) is 17.1 Å². The molecule has 0 atom stereocenters. The normalized spacial score (nSPS) is 14.6. The van der Waals surface area contributed by atoms with Crippen LogP contribution in [0, 0.1) is 0 Å². The first-order chi connectivity index (χ1) is 17.0. The SMILES string of the molecule is CN1CCN(c2ccc(NC(=O)c3cnc4[nH]cc(-c5ccc6nnn(C)c6c5)c4c3)cn2)CC1. The summed E-state index contributed by atoms with van der Waals surface area (Å²) in [4.78, 5) is 29.8. The van der Waals surface area contributed by atoms with Crippen LogP contribution in [0.3, 0.4) is 0 Å². The summed E-state index contributed by atoms with van der Waals surface area (Å²) in [5, 5.41) is 12.0. The van der Waals surface area contributed by atoms with Gasteiger partial charge in [0, 0.05) is 56.6 Å². The Balaban J connectivity index is 1.23. The van der Waals surface area contributed by atoms with E-state index < -0.39 is 0 Å². The number of nitrogens with one attached hydrogen (secondary N) is 2. The summed E-state index contributed by atoms with van der Waals surface area (Å²) >= 11 is 0. The number of anilines is 2. The quantitative estimate of drug-likeness (QED) is 0.418. The van der Waals surface area contributed by atoms with Crippen LogP contribution < -0.4 is 10.2 Å². The maximum absolute atomic E-state index is 13.0. The minimum absolute atomic E-state index is 0.230. The van der Waals surface area contributed by atoms with E-state index in [9.17, 15) is 4.79 Å². The van der Waals surface area contributed by atoms with Crippen molar-refractivity contribution in [3.63, 3.8) is 0 Å². The van der Waals surface area contributed by atoms with Gasteiger partial charge in [0.2, 0.25) is 0 Å². The minimum atomic E-state index is -0.230. The molecule has 10 heteroatoms. The molecule has 0 bridgehead atoms. The lowest BCUT2D eigenvalue weighted by Gasteiger charge is -2.33. The van der Waals surface area contributed by atoms with E-state index in [1.807, 2.05) is 49.6 Å². The monoisotopic (exact) mass is 467 g/mol. The first kappa shape index (κ1) is 21.2. The zero-order valence-electron chi connectivity index (χ0n) is 19.6. The van der Waals surface area contributed by atoms with Crippen molar-refractivity contribution in [1.29, 1.82) is 0 Å². The smallest absolute Gasteiger partial charge is 0.257 e. The molecular weight excluding hydrogens is 442 g/mol. The third-order valence-corrected chi connectivity index (χ3v) is 6.55. The maximum Gasteiger partial charge on any atom is 0.257 e. The summed E-state index contributed by atoms with van der Waals surface area (Å²) in [7, 11) is 3.99. The number of hydrogen-bond acceptors (Lipinski definition) is 7. The maximum atomic E-state index is 13.0. The molecule has 5 heterocycles. The zero-order valence-corrected chi connectivity index (χ0v) is 19.6. The van der Waals surface area contributed by atoms with E-state index in [4.69, 9.17) is 0 Å². The van der Waals surface area contributed by atoms with Crippen molar-refractivity contribution in [1.82, 2.24) is 34.8 Å². The first-order valence-corrected chi connectivity index (χ1v) is 11.5. The van der Waals surface area contributed by atoms with E-state index in [1.165, 1.54) is 0 Å². The van der Waals surface area contributed by atoms with Crippen molar-refractivity contribution in [2.24, 2.45) is 7.05 Å². The Morgan fingerprint density at radius 2 is 1.86 bits per heavy atom. The number of piperazine rings is 1. The van der Waals surface area contributed by atoms with Gasteiger partial charge in [0.1, 0.15) is 17.0 Å². The van der Waals surface area contributed by atoms with Crippen LogP contribution in [-0.2, 0) is 7.05 Å². The average molecular weight is 468 g/mol. The Labute approximate surface area is 201 Å². The lowest BCUT2D eigenvalue weighted by Crippen LogP contribution is -2.44. The number of H-pyrrole nitrogens is 1. The second kappa shape index (κ2) is 8.48. The molecule has 0 spiro atoms. The van der Waals surface area contributed by atoms with Crippen LogP contribution in [0.15, 0.2) is 55.0 Å². The van der Waals surface area contributed by atoms with E-state index >= 15 is 0 Å². The van der Waals surface area contributed by atoms with Gasteiger partial charge in [0.15, 0.2) is 0 Å². The number of nitrogens with zero attached hydrogens (tertiary/aromatic N) is 7. The van der Waals surface area contributed by atoms with Gasteiger partial charge < -0.3 is 20.1 Å². The predicted molar refractivity (Wildman–Crippen MR) is 135 cm³/mol. The fourth-order valence-corrected chi connectivity index (χ4v) is 4.45. The highest BCUT2D eigenvalue weighted by molar-refractivity contribution is 6.07. The Morgan fingerprint density at radius 3 is 2.66 bits per heavy atom. The Morgan fingerprint density at radius 1 is 1.00 bits per heavy atom. The number of carbonyl (C=O) groups excluding carboxylic acids is 1. The number of carbonyl (C=O) groups is 1. The molecule has 6 rings (SSSR count). The fourth-order valence-electron chi connectivity index (χ4n) is 4.45. The molecule has 1 amide bonds. The predicted octanol–water partition coefficient (Wildman–Crippen LogP) is 2.91. The molecule has 1 fully saturated rings. The summed E-state index contributed by atoms with van der Waals surface area (Å²) in [6.07, 6.45) is 5.19. The molecule has 1 aromatic carbocycles. The van der Waals surface area contributed by atoms with Crippen LogP contribution in [0.2, 0.25) is 0 Å². The number of likely N-dealkylation sites (N-methyl/N-ethyl adjacent to an activating group) is 1. The van der Waals surface area contributed by atoms with Gasteiger partial charge in [-0.25, -0.2) is 14.6 Å². The van der Waals surface area contributed by atoms with Crippen LogP contribution in [0.4, 0.5) is 11.5 Å². The molecule has 0 aliphatic carbocycles. The molecule has 0 unspecified atom stereocenters. The van der Waals surface area contributed by atoms with Crippen molar-refractivity contribution in [3.8, 4) is 11.1 Å². The van der Waals surface area contributed by atoms with Gasteiger partial charge in [-0.1, -0.05) is 11.3 Å². The number of aryl methyl sites for hydroxylation is 1. The Bertz CT molecular complexity index is 1530. The molecule has 5 aromatic rings. The summed E-state index contributed by atoms with van der Waals surface area (Å²) < 4.78 is 1.74. The molecule has 35 heavy (non-hydrogen) atoms. The number of pyridine rings is 2. The van der Waals surface area contributed by atoms with Crippen molar-refractivity contribution in [2.75, 3.05) is 43.4 Å². The van der Waals surface area contributed by atoms with E-state index in [2.05, 4.69) is 47.4 Å². The number of aromatic nitrogens is 6. The average Bonchev–Trinajstić information content (AvgIpc) is 3.48. The van der Waals surface area contributed by atoms with Gasteiger partial charge in [-0.15, -0.1) is 5.10 Å². The van der Waals surface area contributed by atoms with Crippen molar-refractivity contribution >= 4 is 39.5 Å². The van der Waals surface area contributed by atoms with Gasteiger partial charge in [0.25, 0.3) is 5.91 Å². The van der Waals surface area contributed by atoms with Gasteiger partial charge in [-0.2, -0.15) is 0 Å². The standard InChI is InChI=1S/C25H25N9O/c1-32-7-9-34(10-8-32)23-6-4-18(14-26-23)29-25(35)17-11-19-20(15-28-24(19)27-13-17)16-3-5-21-22(12-16)33(2)31-30-21/h3-6,11-15H,7-10H2,1-2H3,(H,27,28)(H,29,35). The molecular formula is C25H25N9O. The minimum Gasteiger partial charge on any atom is -0.354 e. The topological polar surface area (TPSA) is 108 Å². The summed E-state index contributed by atoms with van der Waals surface area (Å²) in [5.41, 5.74) is 5.58. The van der Waals surface area contributed by atoms with Crippen LogP contribution in [-0.4, -0.2) is 74.0 Å². The summed E-state index contributed by atoms with van der Waals surface area (Å²) in [6.45, 7) is 3.93. The fraction of sp³-hybridized carbons (Fsp3) is 0.240. The van der Waals surface area contributed by atoms with E-state index in [-0.39, 0.29) is 5.91 Å². The first-order valence-electron chi connectivity index (χ1n) is 11.5. The highest BCUT2D eigenvalue weighted by atomic mass is 16.1. The second-order valence-electron chi connectivity index (χ2n) is 8.89. The number of hydrogen-bond donors (Lipinski definition) is 2. The highest BCUT2D eigenvalue weighted by Crippen LogP contribution is 2.30. The number of rotatable bonds is 4. The number of aromatic amines is 1. The lowest BCUT2D eigenvalue weighted by atomic mass is 10.0. The molecule has 10 nitrogen and oxygen atoms in total. The van der Waals surface area contributed by atoms with E-state index in [0.29, 0.717) is 11.3 Å². The molecule has 1 aliphatic heterocycles. The van der Waals surface area contributed by atoms with Crippen LogP contribution in [0.1, 0.15) is 10.4 Å². The Hall–Kier alpha value is -4.31. The molecule has 0 radical (unpaired) electrons. The van der Waals surface area contributed by atoms with Gasteiger partial charge >= 0.3 is 0 Å². The van der Waals surface area contributed by atoms with Crippen LogP contribution in [0.25, 0.3) is 33.2 Å². The number of fused-ring (bicyclic) bond motifs is 2. The number of benzene rings is 1. The molecule has 0 saturated carbocycles. The van der Waals surface area contributed by atoms with Crippen molar-refractivity contribution in [2.45, 2.75) is 0 Å². The van der Waals surface area contributed by atoms with Crippen LogP contribution >= 0.6 is 0 Å². The molecule has 1 saturated heterocycles. The lowest BCUT2D eigenvalue weighted by molar-refractivity contribution is 0.102. The largest absolute Gasteiger partial charge is 0.354 e. The molecule has 1 aliphatic rings. The van der Waals surface area contributed by atoms with Crippen molar-refractivity contribution < 1.29 is 4.79 Å². The van der Waals surface area contributed by atoms with E-state index in [0.717, 1.165) is 65.2 Å². The summed E-state index contributed by atoms with van der Waals surface area (Å²) in [5.74, 6) is 0.698. The highest BCUT2D eigenvalue weighted by Gasteiger charge is 2.16. The molecule has 4 aromatic heterocycles. The second-order valence-corrected chi connectivity index (χ2v) is 8.89. The third-order valence-electron chi connectivity index (χ3n) is 6.55. The third kappa shape index (κ3) is 3.97. The van der Waals surface area contributed by atoms with Crippen LogP contribution in [0.5, 0.6) is 0 Å². The molecule has 176 valence electrons. The van der Waals surface area contributed by atoms with Crippen molar-refractivity contribution in [3.05, 3.63) is 60.6 Å². The zero-order chi connectivity index (χ0) is 23.9. The number of amides is 1. The Kier molecular flexibility index (Phi) is 5.14. The summed E-state index contributed by atoms with van der Waals surface area (Å²) in [6, 6.07) is 11.7. The van der Waals surface area contributed by atoms with Gasteiger partial charge in [-0.05, 0) is 42.9 Å². The van der Waals surface area contributed by atoms with Gasteiger partial charge in [0.05, 0.1) is 23.0 Å².